The molecule has 0 aliphatic heterocycles. The van der Waals surface area contributed by atoms with Crippen LogP contribution in [0.3, 0.4) is 0 Å². The molecule has 1 aromatic heterocycles. The van der Waals surface area contributed by atoms with Gasteiger partial charge >= 0.3 is 0 Å². The summed E-state index contributed by atoms with van der Waals surface area (Å²) in [5.41, 5.74) is 1.08. The van der Waals surface area contributed by atoms with Gasteiger partial charge in [-0.3, -0.25) is 0 Å². The van der Waals surface area contributed by atoms with E-state index in [0.29, 0.717) is 18.3 Å². The molecule has 0 fully saturated rings. The van der Waals surface area contributed by atoms with Gasteiger partial charge in [0.1, 0.15) is 5.75 Å². The molecule has 1 heterocycles. The van der Waals surface area contributed by atoms with Crippen molar-refractivity contribution < 1.29 is 9.26 Å². The summed E-state index contributed by atoms with van der Waals surface area (Å²) >= 11 is 3.49. The van der Waals surface area contributed by atoms with Crippen molar-refractivity contribution in [2.45, 2.75) is 26.5 Å². The van der Waals surface area contributed by atoms with Gasteiger partial charge in [-0.2, -0.15) is 4.98 Å². The van der Waals surface area contributed by atoms with Gasteiger partial charge in [-0.05, 0) is 29.0 Å². The van der Waals surface area contributed by atoms with E-state index in [1.165, 1.54) is 0 Å². The number of ether oxygens (including phenoxy) is 1. The minimum atomic E-state index is 0.294. The van der Waals surface area contributed by atoms with E-state index in [1.807, 2.05) is 32.2 Å². The highest BCUT2D eigenvalue weighted by Crippen LogP contribution is 2.29. The second-order valence-electron chi connectivity index (χ2n) is 4.00. The average Bonchev–Trinajstić information content (AvgIpc) is 2.86. The molecule has 2 rings (SSSR count). The van der Waals surface area contributed by atoms with Crippen molar-refractivity contribution in [1.82, 2.24) is 15.5 Å². The summed E-state index contributed by atoms with van der Waals surface area (Å²) < 4.78 is 11.8. The molecule has 0 atom stereocenters. The molecule has 0 aliphatic rings. The first kappa shape index (κ1) is 14.0. The van der Waals surface area contributed by atoms with Crippen LogP contribution in [0.15, 0.2) is 27.2 Å². The normalized spacial score (nSPS) is 10.7. The highest BCUT2D eigenvalue weighted by atomic mass is 79.9. The van der Waals surface area contributed by atoms with Crippen molar-refractivity contribution in [3.63, 3.8) is 0 Å². The van der Waals surface area contributed by atoms with Gasteiger partial charge in [0.05, 0.1) is 4.47 Å². The molecule has 0 radical (unpaired) electrons. The number of nitrogens with one attached hydrogen (secondary N) is 1. The zero-order valence-corrected chi connectivity index (χ0v) is 12.5. The lowest BCUT2D eigenvalue weighted by Crippen LogP contribution is -2.08. The minimum Gasteiger partial charge on any atom is -0.484 e. The Hall–Kier alpha value is -1.40. The fourth-order valence-corrected chi connectivity index (χ4v) is 2.20. The van der Waals surface area contributed by atoms with Crippen LogP contribution in [0, 0.1) is 0 Å². The van der Waals surface area contributed by atoms with E-state index in [0.717, 1.165) is 28.8 Å². The molecule has 0 amide bonds. The number of aryl methyl sites for hydroxylation is 1. The zero-order chi connectivity index (χ0) is 13.7. The Bertz CT molecular complexity index is 542. The van der Waals surface area contributed by atoms with Crippen molar-refractivity contribution in [3.05, 3.63) is 40.0 Å². The SMILES string of the molecule is CCc1nc(COc2c(Br)cccc2CNC)no1. The summed E-state index contributed by atoms with van der Waals surface area (Å²) in [5, 5.41) is 6.98. The first-order valence-corrected chi connectivity index (χ1v) is 6.90. The number of nitrogens with zero attached hydrogens (tertiary/aromatic N) is 2. The first-order chi connectivity index (χ1) is 9.24. The van der Waals surface area contributed by atoms with Crippen LogP contribution < -0.4 is 10.1 Å². The second kappa shape index (κ2) is 6.68. The molecular formula is C13H16BrN3O2. The molecule has 0 saturated heterocycles. The van der Waals surface area contributed by atoms with Crippen molar-refractivity contribution in [1.29, 1.82) is 0 Å². The minimum absolute atomic E-state index is 0.294. The predicted molar refractivity (Wildman–Crippen MR) is 74.9 cm³/mol. The van der Waals surface area contributed by atoms with E-state index < -0.39 is 0 Å². The Morgan fingerprint density at radius 1 is 1.42 bits per heavy atom. The van der Waals surface area contributed by atoms with Crippen molar-refractivity contribution in [2.75, 3.05) is 7.05 Å². The van der Waals surface area contributed by atoms with E-state index in [2.05, 4.69) is 31.4 Å². The van der Waals surface area contributed by atoms with Gasteiger partial charge in [0.25, 0.3) is 0 Å². The molecule has 102 valence electrons. The van der Waals surface area contributed by atoms with E-state index in [1.54, 1.807) is 0 Å². The third-order valence-electron chi connectivity index (χ3n) is 2.57. The van der Waals surface area contributed by atoms with Crippen LogP contribution in [0.4, 0.5) is 0 Å². The molecular weight excluding hydrogens is 310 g/mol. The van der Waals surface area contributed by atoms with Crippen molar-refractivity contribution in [2.24, 2.45) is 0 Å². The highest BCUT2D eigenvalue weighted by molar-refractivity contribution is 9.10. The predicted octanol–water partition coefficient (Wildman–Crippen LogP) is 2.69. The molecule has 6 heteroatoms. The molecule has 19 heavy (non-hydrogen) atoms. The summed E-state index contributed by atoms with van der Waals surface area (Å²) in [4.78, 5) is 4.22. The zero-order valence-electron chi connectivity index (χ0n) is 10.9. The molecule has 0 saturated carbocycles. The largest absolute Gasteiger partial charge is 0.484 e. The maximum Gasteiger partial charge on any atom is 0.226 e. The topological polar surface area (TPSA) is 60.2 Å². The van der Waals surface area contributed by atoms with E-state index in [-0.39, 0.29) is 0 Å². The van der Waals surface area contributed by atoms with Crippen LogP contribution in [0.1, 0.15) is 24.2 Å². The van der Waals surface area contributed by atoms with Crippen LogP contribution >= 0.6 is 15.9 Å². The lowest BCUT2D eigenvalue weighted by Gasteiger charge is -2.11. The number of halogens is 1. The van der Waals surface area contributed by atoms with Crippen LogP contribution in [-0.4, -0.2) is 17.2 Å². The van der Waals surface area contributed by atoms with Gasteiger partial charge in [-0.1, -0.05) is 24.2 Å². The Labute approximate surface area is 120 Å². The van der Waals surface area contributed by atoms with E-state index >= 15 is 0 Å². The summed E-state index contributed by atoms with van der Waals surface area (Å²) in [6.45, 7) is 3.00. The molecule has 1 aromatic carbocycles. The Morgan fingerprint density at radius 3 is 2.95 bits per heavy atom. The second-order valence-corrected chi connectivity index (χ2v) is 4.86. The Kier molecular flexibility index (Phi) is 4.93. The summed E-state index contributed by atoms with van der Waals surface area (Å²) in [6.07, 6.45) is 0.729. The quantitative estimate of drug-likeness (QED) is 0.884. The van der Waals surface area contributed by atoms with Gasteiger partial charge in [0.15, 0.2) is 6.61 Å². The fourth-order valence-electron chi connectivity index (χ4n) is 1.67. The summed E-state index contributed by atoms with van der Waals surface area (Å²) in [7, 11) is 1.90. The maximum absolute atomic E-state index is 5.79. The van der Waals surface area contributed by atoms with Gasteiger partial charge in [0.2, 0.25) is 11.7 Å². The van der Waals surface area contributed by atoms with Crippen LogP contribution in [0.2, 0.25) is 0 Å². The van der Waals surface area contributed by atoms with Crippen LogP contribution in [-0.2, 0) is 19.6 Å². The van der Waals surface area contributed by atoms with Gasteiger partial charge in [-0.25, -0.2) is 0 Å². The van der Waals surface area contributed by atoms with Crippen molar-refractivity contribution >= 4 is 15.9 Å². The average molecular weight is 326 g/mol. The summed E-state index contributed by atoms with van der Waals surface area (Å²) in [6, 6.07) is 5.94. The summed E-state index contributed by atoms with van der Waals surface area (Å²) in [5.74, 6) is 1.99. The third kappa shape index (κ3) is 3.54. The Balaban J connectivity index is 2.09. The molecule has 0 unspecified atom stereocenters. The van der Waals surface area contributed by atoms with Crippen molar-refractivity contribution in [3.8, 4) is 5.75 Å². The standard InChI is InChI=1S/C13H16BrN3O2/c1-3-12-16-11(17-19-12)8-18-13-9(7-15-2)5-4-6-10(13)14/h4-6,15H,3,7-8H2,1-2H3. The molecule has 0 spiro atoms. The molecule has 2 aromatic rings. The smallest absolute Gasteiger partial charge is 0.226 e. The van der Waals surface area contributed by atoms with E-state index in [9.17, 15) is 0 Å². The third-order valence-corrected chi connectivity index (χ3v) is 3.20. The number of para-hydroxylation sites is 1. The number of aromatic nitrogens is 2. The molecule has 0 bridgehead atoms. The van der Waals surface area contributed by atoms with Crippen LogP contribution in [0.25, 0.3) is 0 Å². The monoisotopic (exact) mass is 325 g/mol. The Morgan fingerprint density at radius 2 is 2.26 bits per heavy atom. The number of hydrogen-bond acceptors (Lipinski definition) is 5. The van der Waals surface area contributed by atoms with Gasteiger partial charge < -0.3 is 14.6 Å². The molecule has 1 N–H and O–H groups in total. The number of rotatable bonds is 6. The maximum atomic E-state index is 5.79. The van der Waals surface area contributed by atoms with Crippen LogP contribution in [0.5, 0.6) is 5.75 Å². The van der Waals surface area contributed by atoms with E-state index in [4.69, 9.17) is 9.26 Å². The number of hydrogen-bond donors (Lipinski definition) is 1. The molecule has 5 nitrogen and oxygen atoms in total. The highest BCUT2D eigenvalue weighted by Gasteiger charge is 2.10. The lowest BCUT2D eigenvalue weighted by molar-refractivity contribution is 0.280. The lowest BCUT2D eigenvalue weighted by atomic mass is 10.2. The van der Waals surface area contributed by atoms with Gasteiger partial charge in [-0.15, -0.1) is 0 Å². The van der Waals surface area contributed by atoms with Gasteiger partial charge in [0, 0.05) is 18.5 Å². The first-order valence-electron chi connectivity index (χ1n) is 6.10. The molecule has 0 aliphatic carbocycles. The number of benzene rings is 1. The fraction of sp³-hybridized carbons (Fsp3) is 0.385.